The van der Waals surface area contributed by atoms with Crippen molar-refractivity contribution >= 4 is 11.3 Å². The van der Waals surface area contributed by atoms with Crippen LogP contribution in [0.2, 0.25) is 0 Å². The number of aryl methyl sites for hydroxylation is 2. The molecule has 0 aliphatic carbocycles. The van der Waals surface area contributed by atoms with E-state index in [0.29, 0.717) is 5.56 Å². The molecule has 2 nitrogen and oxygen atoms in total. The molecule has 0 aromatic heterocycles. The van der Waals surface area contributed by atoms with E-state index in [0.717, 1.165) is 34.5 Å². The van der Waals surface area contributed by atoms with Crippen LogP contribution >= 0.6 is 0 Å². The average Bonchev–Trinajstić information content (AvgIpc) is 2.74. The summed E-state index contributed by atoms with van der Waals surface area (Å²) >= 11 is 0. The molecule has 0 N–H and O–H groups in total. The molecule has 0 aliphatic rings. The summed E-state index contributed by atoms with van der Waals surface area (Å²) in [6.45, 7) is 24.0. The average molecular weight is 389 g/mol. The van der Waals surface area contributed by atoms with Crippen molar-refractivity contribution in [3.05, 3.63) is 95.7 Å². The summed E-state index contributed by atoms with van der Waals surface area (Å²) < 4.78 is 0. The molecule has 29 heavy (non-hydrogen) atoms. The van der Waals surface area contributed by atoms with Gasteiger partial charge in [-0.2, -0.15) is 5.26 Å². The minimum absolute atomic E-state index is 0.686. The van der Waals surface area contributed by atoms with Crippen LogP contribution in [0.3, 0.4) is 0 Å². The lowest BCUT2D eigenvalue weighted by molar-refractivity contribution is 0.979. The number of anilines is 1. The van der Waals surface area contributed by atoms with Gasteiger partial charge < -0.3 is 4.90 Å². The van der Waals surface area contributed by atoms with Crippen LogP contribution in [0, 0.1) is 25.2 Å². The topological polar surface area (TPSA) is 27.0 Å². The number of allylic oxidation sites excluding steroid dienone is 3. The van der Waals surface area contributed by atoms with Crippen molar-refractivity contribution in [3.63, 3.8) is 0 Å². The van der Waals surface area contributed by atoms with E-state index in [1.807, 2.05) is 70.0 Å². The van der Waals surface area contributed by atoms with Crippen LogP contribution in [0.4, 0.5) is 5.69 Å². The molecule has 154 valence electrons. The first-order valence-electron chi connectivity index (χ1n) is 10.1. The Morgan fingerprint density at radius 3 is 2.07 bits per heavy atom. The fourth-order valence-electron chi connectivity index (χ4n) is 2.59. The molecular weight excluding hydrogens is 352 g/mol. The Morgan fingerprint density at radius 2 is 1.59 bits per heavy atom. The number of nitriles is 1. The highest BCUT2D eigenvalue weighted by molar-refractivity contribution is 5.77. The van der Waals surface area contributed by atoms with Crippen molar-refractivity contribution in [3.8, 4) is 6.07 Å². The molecule has 2 rings (SSSR count). The quantitative estimate of drug-likeness (QED) is 0.488. The monoisotopic (exact) mass is 388 g/mol. The first-order chi connectivity index (χ1) is 13.7. The third-order valence-electron chi connectivity index (χ3n) is 4.57. The molecule has 2 aromatic carbocycles. The van der Waals surface area contributed by atoms with E-state index in [2.05, 4.69) is 51.8 Å². The van der Waals surface area contributed by atoms with Crippen LogP contribution < -0.4 is 4.90 Å². The smallest absolute Gasteiger partial charge is 0.0992 e. The number of nitrogens with zero attached hydrogens (tertiary/aromatic N) is 2. The van der Waals surface area contributed by atoms with Crippen molar-refractivity contribution in [2.75, 3.05) is 11.9 Å². The Hall–Kier alpha value is -3.05. The summed E-state index contributed by atoms with van der Waals surface area (Å²) in [4.78, 5) is 2.04. The molecule has 0 bridgehead atoms. The van der Waals surface area contributed by atoms with Gasteiger partial charge in [0.2, 0.25) is 0 Å². The third-order valence-corrected chi connectivity index (χ3v) is 4.57. The van der Waals surface area contributed by atoms with E-state index in [-0.39, 0.29) is 0 Å². The first kappa shape index (κ1) is 26.0. The van der Waals surface area contributed by atoms with Gasteiger partial charge in [0.25, 0.3) is 0 Å². The second kappa shape index (κ2) is 13.2. The van der Waals surface area contributed by atoms with Crippen molar-refractivity contribution in [2.45, 2.75) is 48.0 Å². The van der Waals surface area contributed by atoms with Gasteiger partial charge in [-0.3, -0.25) is 0 Å². The predicted molar refractivity (Wildman–Crippen MR) is 130 cm³/mol. The standard InChI is InChI=1S/C13H16N2.C12H14.C2H6/c1-5-11(3)15(4)13-8-12(9-14)7-6-10(13)2;1-9(2)11(4)12-8-6-5-7-10(12)3;1-2/h6-8H,3,5H2,1-2,4H3;5-8H,1,4H2,2-3H3;1-2H3. The number of hydrogen-bond acceptors (Lipinski definition) is 2. The fraction of sp³-hybridized carbons (Fsp3) is 0.296. The zero-order valence-corrected chi connectivity index (χ0v) is 19.3. The molecule has 0 heterocycles. The Kier molecular flexibility index (Phi) is 11.8. The van der Waals surface area contributed by atoms with E-state index in [1.54, 1.807) is 0 Å². The van der Waals surface area contributed by atoms with Crippen LogP contribution in [0.25, 0.3) is 5.57 Å². The lowest BCUT2D eigenvalue weighted by Crippen LogP contribution is -2.16. The van der Waals surface area contributed by atoms with Crippen molar-refractivity contribution < 1.29 is 0 Å². The Morgan fingerprint density at radius 1 is 1.00 bits per heavy atom. The van der Waals surface area contributed by atoms with Crippen LogP contribution in [-0.4, -0.2) is 7.05 Å². The highest BCUT2D eigenvalue weighted by Crippen LogP contribution is 2.24. The van der Waals surface area contributed by atoms with Crippen LogP contribution in [0.1, 0.15) is 56.4 Å². The van der Waals surface area contributed by atoms with Gasteiger partial charge in [0.05, 0.1) is 11.6 Å². The highest BCUT2D eigenvalue weighted by atomic mass is 15.1. The maximum atomic E-state index is 8.84. The van der Waals surface area contributed by atoms with E-state index < -0.39 is 0 Å². The van der Waals surface area contributed by atoms with Gasteiger partial charge in [0.1, 0.15) is 0 Å². The summed E-state index contributed by atoms with van der Waals surface area (Å²) in [7, 11) is 1.98. The van der Waals surface area contributed by atoms with Crippen LogP contribution in [-0.2, 0) is 0 Å². The highest BCUT2D eigenvalue weighted by Gasteiger charge is 2.07. The normalized spacial score (nSPS) is 9.03. The van der Waals surface area contributed by atoms with Crippen LogP contribution in [0.15, 0.2) is 73.5 Å². The van der Waals surface area contributed by atoms with Crippen molar-refractivity contribution in [1.29, 1.82) is 5.26 Å². The maximum absolute atomic E-state index is 8.84. The van der Waals surface area contributed by atoms with Gasteiger partial charge in [-0.25, -0.2) is 0 Å². The zero-order valence-electron chi connectivity index (χ0n) is 19.3. The van der Waals surface area contributed by atoms with Gasteiger partial charge in [0.15, 0.2) is 0 Å². The second-order valence-corrected chi connectivity index (χ2v) is 6.67. The second-order valence-electron chi connectivity index (χ2n) is 6.67. The van der Waals surface area contributed by atoms with E-state index in [9.17, 15) is 0 Å². The minimum atomic E-state index is 0.686. The number of hydrogen-bond donors (Lipinski definition) is 0. The largest absolute Gasteiger partial charge is 0.349 e. The van der Waals surface area contributed by atoms with E-state index >= 15 is 0 Å². The molecule has 0 atom stereocenters. The number of rotatable bonds is 5. The summed E-state index contributed by atoms with van der Waals surface area (Å²) in [5, 5.41) is 8.84. The fourth-order valence-corrected chi connectivity index (χ4v) is 2.59. The third kappa shape index (κ3) is 7.84. The van der Waals surface area contributed by atoms with Gasteiger partial charge in [-0.15, -0.1) is 0 Å². The molecule has 0 aliphatic heterocycles. The van der Waals surface area contributed by atoms with Gasteiger partial charge >= 0.3 is 0 Å². The molecule has 2 heteroatoms. The van der Waals surface area contributed by atoms with E-state index in [1.165, 1.54) is 11.1 Å². The molecule has 2 aromatic rings. The van der Waals surface area contributed by atoms with Crippen molar-refractivity contribution in [1.82, 2.24) is 0 Å². The van der Waals surface area contributed by atoms with E-state index in [4.69, 9.17) is 5.26 Å². The predicted octanol–water partition coefficient (Wildman–Crippen LogP) is 7.84. The lowest BCUT2D eigenvalue weighted by Gasteiger charge is -2.23. The summed E-state index contributed by atoms with van der Waals surface area (Å²) in [5.74, 6) is 0. The molecular formula is C27H36N2. The molecule has 0 saturated heterocycles. The summed E-state index contributed by atoms with van der Waals surface area (Å²) in [6, 6.07) is 16.1. The Labute approximate surface area is 178 Å². The molecule has 0 amide bonds. The van der Waals surface area contributed by atoms with Gasteiger partial charge in [0, 0.05) is 18.4 Å². The van der Waals surface area contributed by atoms with Crippen LogP contribution in [0.5, 0.6) is 0 Å². The molecule has 0 spiro atoms. The zero-order chi connectivity index (χ0) is 22.6. The molecule has 0 unspecified atom stereocenters. The van der Waals surface area contributed by atoms with Crippen molar-refractivity contribution in [2.24, 2.45) is 0 Å². The molecule has 0 fully saturated rings. The first-order valence-corrected chi connectivity index (χ1v) is 10.1. The SMILES string of the molecule is C=C(C)C(=C)c1ccccc1C.C=C(CC)N(C)c1cc(C#N)ccc1C.CC. The minimum Gasteiger partial charge on any atom is -0.349 e. The van der Waals surface area contributed by atoms with Gasteiger partial charge in [-0.1, -0.05) is 76.4 Å². The maximum Gasteiger partial charge on any atom is 0.0992 e. The Balaban J connectivity index is 0.000000508. The van der Waals surface area contributed by atoms with Gasteiger partial charge in [-0.05, 0) is 61.6 Å². The summed E-state index contributed by atoms with van der Waals surface area (Å²) in [5.41, 5.74) is 8.47. The lowest BCUT2D eigenvalue weighted by atomic mass is 9.98. The molecule has 0 radical (unpaired) electrons. The number of benzene rings is 2. The molecule has 0 saturated carbocycles. The summed E-state index contributed by atoms with van der Waals surface area (Å²) in [6.07, 6.45) is 0.909. The Bertz CT molecular complexity index is 882.